The summed E-state index contributed by atoms with van der Waals surface area (Å²) >= 11 is 0. The predicted octanol–water partition coefficient (Wildman–Crippen LogP) is 1.37. The van der Waals surface area contributed by atoms with Crippen LogP contribution >= 0.6 is 0 Å². The van der Waals surface area contributed by atoms with Crippen LogP contribution in [-0.4, -0.2) is 62.0 Å². The fraction of sp³-hybridized carbons (Fsp3) is 0.588. The maximum absolute atomic E-state index is 12.1. The molecule has 0 saturated carbocycles. The first-order valence-electron chi connectivity index (χ1n) is 7.96. The third-order valence-corrected chi connectivity index (χ3v) is 3.97. The minimum Gasteiger partial charge on any atom is -0.339 e. The van der Waals surface area contributed by atoms with Crippen molar-refractivity contribution in [3.8, 4) is 0 Å². The average molecular weight is 289 g/mol. The van der Waals surface area contributed by atoms with E-state index in [0.29, 0.717) is 6.54 Å². The molecular weight excluding hydrogens is 262 g/mol. The standard InChI is InChI=1S/C17H27N3O/c1-19(15-17(21)20-13-10-18-11-14-20)12-6-5-9-16-7-3-2-4-8-16/h2-4,7-8,18H,5-6,9-15H2,1H3. The van der Waals surface area contributed by atoms with Gasteiger partial charge in [-0.25, -0.2) is 0 Å². The number of nitrogens with one attached hydrogen (secondary N) is 1. The van der Waals surface area contributed by atoms with Gasteiger partial charge in [0.2, 0.25) is 5.91 Å². The number of nitrogens with zero attached hydrogens (tertiary/aromatic N) is 2. The molecule has 2 rings (SSSR count). The van der Waals surface area contributed by atoms with Gasteiger partial charge in [0.25, 0.3) is 0 Å². The number of benzene rings is 1. The van der Waals surface area contributed by atoms with Crippen molar-refractivity contribution in [1.29, 1.82) is 0 Å². The van der Waals surface area contributed by atoms with Crippen molar-refractivity contribution in [2.24, 2.45) is 0 Å². The van der Waals surface area contributed by atoms with Crippen LogP contribution in [0.25, 0.3) is 0 Å². The third kappa shape index (κ3) is 5.86. The summed E-state index contributed by atoms with van der Waals surface area (Å²) in [5.41, 5.74) is 1.40. The maximum atomic E-state index is 12.1. The Morgan fingerprint density at radius 1 is 1.19 bits per heavy atom. The van der Waals surface area contributed by atoms with E-state index < -0.39 is 0 Å². The number of piperazine rings is 1. The second kappa shape index (κ2) is 8.80. The number of hydrogen-bond acceptors (Lipinski definition) is 3. The average Bonchev–Trinajstić information content (AvgIpc) is 2.53. The first kappa shape index (κ1) is 16.0. The Morgan fingerprint density at radius 2 is 1.90 bits per heavy atom. The number of carbonyl (C=O) groups is 1. The van der Waals surface area contributed by atoms with Gasteiger partial charge in [-0.1, -0.05) is 30.3 Å². The van der Waals surface area contributed by atoms with Gasteiger partial charge in [0, 0.05) is 26.2 Å². The first-order valence-corrected chi connectivity index (χ1v) is 7.96. The fourth-order valence-corrected chi connectivity index (χ4v) is 2.68. The number of unbranched alkanes of at least 4 members (excludes halogenated alkanes) is 1. The Balaban J connectivity index is 1.58. The molecule has 21 heavy (non-hydrogen) atoms. The molecule has 0 aromatic heterocycles. The Morgan fingerprint density at radius 3 is 2.62 bits per heavy atom. The van der Waals surface area contributed by atoms with E-state index in [9.17, 15) is 4.79 Å². The molecule has 1 aliphatic heterocycles. The van der Waals surface area contributed by atoms with Crippen LogP contribution in [0.5, 0.6) is 0 Å². The van der Waals surface area contributed by atoms with E-state index in [-0.39, 0.29) is 5.91 Å². The van der Waals surface area contributed by atoms with Gasteiger partial charge < -0.3 is 10.2 Å². The summed E-state index contributed by atoms with van der Waals surface area (Å²) in [5.74, 6) is 0.266. The lowest BCUT2D eigenvalue weighted by atomic mass is 10.1. The van der Waals surface area contributed by atoms with Gasteiger partial charge in [0.1, 0.15) is 0 Å². The first-order chi connectivity index (χ1) is 10.3. The Labute approximate surface area is 128 Å². The van der Waals surface area contributed by atoms with Gasteiger partial charge in [-0.05, 0) is 38.4 Å². The zero-order chi connectivity index (χ0) is 14.9. The van der Waals surface area contributed by atoms with Crippen molar-refractivity contribution >= 4 is 5.91 Å². The lowest BCUT2D eigenvalue weighted by molar-refractivity contribution is -0.132. The van der Waals surface area contributed by atoms with E-state index in [1.807, 2.05) is 11.9 Å². The van der Waals surface area contributed by atoms with E-state index in [1.54, 1.807) is 0 Å². The van der Waals surface area contributed by atoms with Crippen molar-refractivity contribution < 1.29 is 4.79 Å². The Hall–Kier alpha value is -1.39. The van der Waals surface area contributed by atoms with E-state index in [2.05, 4.69) is 40.5 Å². The second-order valence-corrected chi connectivity index (χ2v) is 5.81. The maximum Gasteiger partial charge on any atom is 0.236 e. The number of amides is 1. The van der Waals surface area contributed by atoms with E-state index in [4.69, 9.17) is 0 Å². The van der Waals surface area contributed by atoms with Crippen molar-refractivity contribution in [1.82, 2.24) is 15.1 Å². The van der Waals surface area contributed by atoms with Crippen molar-refractivity contribution in [2.45, 2.75) is 19.3 Å². The van der Waals surface area contributed by atoms with Crippen molar-refractivity contribution in [2.75, 3.05) is 46.3 Å². The molecule has 1 amide bonds. The quantitative estimate of drug-likeness (QED) is 0.770. The fourth-order valence-electron chi connectivity index (χ4n) is 2.68. The molecule has 0 unspecified atom stereocenters. The highest BCUT2D eigenvalue weighted by Gasteiger charge is 2.17. The van der Waals surface area contributed by atoms with Crippen LogP contribution < -0.4 is 5.32 Å². The molecule has 1 N–H and O–H groups in total. The summed E-state index contributed by atoms with van der Waals surface area (Å²) in [6.07, 6.45) is 3.44. The summed E-state index contributed by atoms with van der Waals surface area (Å²) in [6.45, 7) is 5.08. The monoisotopic (exact) mass is 289 g/mol. The van der Waals surface area contributed by atoms with Crippen LogP contribution in [0.4, 0.5) is 0 Å². The molecule has 1 fully saturated rings. The van der Waals surface area contributed by atoms with Crippen LogP contribution in [0.2, 0.25) is 0 Å². The van der Waals surface area contributed by atoms with Crippen LogP contribution in [0, 0.1) is 0 Å². The zero-order valence-electron chi connectivity index (χ0n) is 13.1. The summed E-state index contributed by atoms with van der Waals surface area (Å²) in [4.78, 5) is 16.2. The molecule has 1 aliphatic rings. The van der Waals surface area contributed by atoms with Crippen LogP contribution in [0.1, 0.15) is 18.4 Å². The molecule has 116 valence electrons. The number of aryl methyl sites for hydroxylation is 1. The summed E-state index contributed by atoms with van der Waals surface area (Å²) in [7, 11) is 2.04. The highest BCUT2D eigenvalue weighted by atomic mass is 16.2. The smallest absolute Gasteiger partial charge is 0.236 e. The second-order valence-electron chi connectivity index (χ2n) is 5.81. The highest BCUT2D eigenvalue weighted by Crippen LogP contribution is 2.05. The van der Waals surface area contributed by atoms with Gasteiger partial charge >= 0.3 is 0 Å². The number of likely N-dealkylation sites (N-methyl/N-ethyl adjacent to an activating group) is 1. The third-order valence-electron chi connectivity index (χ3n) is 3.97. The molecule has 0 aliphatic carbocycles. The lowest BCUT2D eigenvalue weighted by Crippen LogP contribution is -2.49. The largest absolute Gasteiger partial charge is 0.339 e. The summed E-state index contributed by atoms with van der Waals surface area (Å²) in [6, 6.07) is 10.6. The molecule has 1 saturated heterocycles. The van der Waals surface area contributed by atoms with Gasteiger partial charge in [-0.15, -0.1) is 0 Å². The Bertz CT molecular complexity index is 415. The molecule has 4 nitrogen and oxygen atoms in total. The van der Waals surface area contributed by atoms with Crippen LogP contribution in [0.15, 0.2) is 30.3 Å². The van der Waals surface area contributed by atoms with Crippen molar-refractivity contribution in [3.63, 3.8) is 0 Å². The molecule has 0 spiro atoms. The zero-order valence-corrected chi connectivity index (χ0v) is 13.1. The molecule has 1 heterocycles. The van der Waals surface area contributed by atoms with Gasteiger partial charge in [-0.2, -0.15) is 0 Å². The number of carbonyl (C=O) groups excluding carboxylic acids is 1. The summed E-state index contributed by atoms with van der Waals surface area (Å²) < 4.78 is 0. The molecule has 4 heteroatoms. The van der Waals surface area contributed by atoms with Crippen molar-refractivity contribution in [3.05, 3.63) is 35.9 Å². The van der Waals surface area contributed by atoms with Gasteiger partial charge in [0.15, 0.2) is 0 Å². The van der Waals surface area contributed by atoms with Gasteiger partial charge in [0.05, 0.1) is 6.54 Å². The molecule has 0 bridgehead atoms. The molecular formula is C17H27N3O. The van der Waals surface area contributed by atoms with Crippen LogP contribution in [0.3, 0.4) is 0 Å². The van der Waals surface area contributed by atoms with Crippen LogP contribution in [-0.2, 0) is 11.2 Å². The molecule has 0 radical (unpaired) electrons. The van der Waals surface area contributed by atoms with E-state index in [1.165, 1.54) is 12.0 Å². The normalized spacial score (nSPS) is 15.4. The lowest BCUT2D eigenvalue weighted by Gasteiger charge is -2.29. The molecule has 0 atom stereocenters. The minimum atomic E-state index is 0.266. The molecule has 1 aromatic carbocycles. The molecule has 1 aromatic rings. The number of hydrogen-bond donors (Lipinski definition) is 1. The SMILES string of the molecule is CN(CCCCc1ccccc1)CC(=O)N1CCNCC1. The number of rotatable bonds is 7. The van der Waals surface area contributed by atoms with E-state index in [0.717, 1.165) is 45.6 Å². The Kier molecular flexibility index (Phi) is 6.70. The highest BCUT2D eigenvalue weighted by molar-refractivity contribution is 5.78. The minimum absolute atomic E-state index is 0.266. The predicted molar refractivity (Wildman–Crippen MR) is 86.3 cm³/mol. The van der Waals surface area contributed by atoms with E-state index >= 15 is 0 Å². The summed E-state index contributed by atoms with van der Waals surface area (Å²) in [5, 5.41) is 3.27. The topological polar surface area (TPSA) is 35.6 Å². The van der Waals surface area contributed by atoms with Gasteiger partial charge in [-0.3, -0.25) is 9.69 Å².